The lowest BCUT2D eigenvalue weighted by Gasteiger charge is -2.11. The smallest absolute Gasteiger partial charge is 0.0845 e. The van der Waals surface area contributed by atoms with Crippen LogP contribution in [0.3, 0.4) is 0 Å². The van der Waals surface area contributed by atoms with Crippen LogP contribution >= 0.6 is 27.5 Å². The van der Waals surface area contributed by atoms with E-state index in [1.165, 1.54) is 0 Å². The Bertz CT molecular complexity index is 506. The van der Waals surface area contributed by atoms with Crippen molar-refractivity contribution in [2.75, 3.05) is 0 Å². The molecule has 0 amide bonds. The third-order valence-electron chi connectivity index (χ3n) is 2.39. The third kappa shape index (κ3) is 3.28. The molecule has 17 heavy (non-hydrogen) atoms. The standard InChI is InChI=1S/C11H12BrClN4/c1-17-6-10(15-16-17)5-11(14)7-2-8(12)4-9(13)3-7/h2-4,6,11H,5,14H2,1H3. The van der Waals surface area contributed by atoms with Gasteiger partial charge < -0.3 is 5.73 Å². The van der Waals surface area contributed by atoms with Crippen LogP contribution in [-0.4, -0.2) is 15.0 Å². The van der Waals surface area contributed by atoms with Gasteiger partial charge in [-0.25, -0.2) is 0 Å². The number of aryl methyl sites for hydroxylation is 1. The maximum absolute atomic E-state index is 6.12. The van der Waals surface area contributed by atoms with Crippen molar-refractivity contribution in [3.05, 3.63) is 45.1 Å². The molecule has 4 nitrogen and oxygen atoms in total. The van der Waals surface area contributed by atoms with Gasteiger partial charge in [0, 0.05) is 35.2 Å². The topological polar surface area (TPSA) is 56.7 Å². The number of aromatic nitrogens is 3. The Morgan fingerprint density at radius 3 is 2.82 bits per heavy atom. The van der Waals surface area contributed by atoms with E-state index in [9.17, 15) is 0 Å². The van der Waals surface area contributed by atoms with Crippen molar-refractivity contribution in [3.8, 4) is 0 Å². The molecule has 2 aromatic rings. The molecule has 1 aromatic carbocycles. The lowest BCUT2D eigenvalue weighted by molar-refractivity contribution is 0.693. The molecule has 1 heterocycles. The Morgan fingerprint density at radius 1 is 1.47 bits per heavy atom. The van der Waals surface area contributed by atoms with Crippen LogP contribution in [-0.2, 0) is 13.5 Å². The molecule has 0 radical (unpaired) electrons. The average Bonchev–Trinajstić information content (AvgIpc) is 2.62. The molecule has 2 rings (SSSR count). The predicted octanol–water partition coefficient (Wildman–Crippen LogP) is 2.47. The van der Waals surface area contributed by atoms with Gasteiger partial charge in [0.15, 0.2) is 0 Å². The SMILES string of the molecule is Cn1cc(CC(N)c2cc(Cl)cc(Br)c2)nn1. The second-order valence-corrected chi connectivity index (χ2v) is 5.25. The van der Waals surface area contributed by atoms with E-state index in [0.717, 1.165) is 15.7 Å². The van der Waals surface area contributed by atoms with E-state index in [1.807, 2.05) is 31.4 Å². The minimum absolute atomic E-state index is 0.137. The van der Waals surface area contributed by atoms with Gasteiger partial charge in [-0.1, -0.05) is 32.7 Å². The first-order valence-electron chi connectivity index (χ1n) is 5.11. The number of nitrogens with zero attached hydrogens (tertiary/aromatic N) is 3. The lowest BCUT2D eigenvalue weighted by atomic mass is 10.0. The van der Waals surface area contributed by atoms with Gasteiger partial charge in [-0.15, -0.1) is 5.10 Å². The van der Waals surface area contributed by atoms with Crippen LogP contribution in [0.2, 0.25) is 5.02 Å². The molecule has 2 N–H and O–H groups in total. The summed E-state index contributed by atoms with van der Waals surface area (Å²) in [6.07, 6.45) is 2.50. The molecule has 0 bridgehead atoms. The zero-order valence-electron chi connectivity index (χ0n) is 9.27. The fraction of sp³-hybridized carbons (Fsp3) is 0.273. The summed E-state index contributed by atoms with van der Waals surface area (Å²) in [4.78, 5) is 0. The second-order valence-electron chi connectivity index (χ2n) is 3.90. The van der Waals surface area contributed by atoms with E-state index in [-0.39, 0.29) is 6.04 Å². The first-order chi connectivity index (χ1) is 8.04. The van der Waals surface area contributed by atoms with Crippen LogP contribution in [0.15, 0.2) is 28.9 Å². The van der Waals surface area contributed by atoms with Crippen molar-refractivity contribution in [2.45, 2.75) is 12.5 Å². The number of rotatable bonds is 3. The molecule has 0 aliphatic heterocycles. The summed E-state index contributed by atoms with van der Waals surface area (Å²) < 4.78 is 2.59. The van der Waals surface area contributed by atoms with Crippen molar-refractivity contribution < 1.29 is 0 Å². The summed E-state index contributed by atoms with van der Waals surface area (Å²) >= 11 is 9.38. The van der Waals surface area contributed by atoms with Crippen LogP contribution in [0.5, 0.6) is 0 Å². The van der Waals surface area contributed by atoms with Crippen molar-refractivity contribution in [1.82, 2.24) is 15.0 Å². The largest absolute Gasteiger partial charge is 0.324 e. The molecule has 0 fully saturated rings. The third-order valence-corrected chi connectivity index (χ3v) is 3.07. The predicted molar refractivity (Wildman–Crippen MR) is 70.8 cm³/mol. The van der Waals surface area contributed by atoms with Gasteiger partial charge in [0.25, 0.3) is 0 Å². The van der Waals surface area contributed by atoms with Crippen molar-refractivity contribution >= 4 is 27.5 Å². The van der Waals surface area contributed by atoms with Gasteiger partial charge in [0.1, 0.15) is 0 Å². The zero-order chi connectivity index (χ0) is 12.4. The highest BCUT2D eigenvalue weighted by molar-refractivity contribution is 9.10. The molecule has 0 aliphatic rings. The van der Waals surface area contributed by atoms with Crippen molar-refractivity contribution in [2.24, 2.45) is 12.8 Å². The molecule has 90 valence electrons. The highest BCUT2D eigenvalue weighted by Gasteiger charge is 2.11. The van der Waals surface area contributed by atoms with E-state index < -0.39 is 0 Å². The maximum Gasteiger partial charge on any atom is 0.0845 e. The summed E-state index contributed by atoms with van der Waals surface area (Å²) in [6, 6.07) is 5.53. The molecular formula is C11H12BrClN4. The van der Waals surface area contributed by atoms with E-state index >= 15 is 0 Å². The lowest BCUT2D eigenvalue weighted by Crippen LogP contribution is -2.13. The summed E-state index contributed by atoms with van der Waals surface area (Å²) in [7, 11) is 1.83. The van der Waals surface area contributed by atoms with Gasteiger partial charge in [-0.2, -0.15) is 0 Å². The molecule has 1 unspecified atom stereocenters. The van der Waals surface area contributed by atoms with Crippen LogP contribution in [0.4, 0.5) is 0 Å². The van der Waals surface area contributed by atoms with Crippen LogP contribution in [0.1, 0.15) is 17.3 Å². The van der Waals surface area contributed by atoms with E-state index in [0.29, 0.717) is 11.4 Å². The number of benzene rings is 1. The number of hydrogen-bond donors (Lipinski definition) is 1. The van der Waals surface area contributed by atoms with Crippen LogP contribution < -0.4 is 5.73 Å². The zero-order valence-corrected chi connectivity index (χ0v) is 11.6. The molecular weight excluding hydrogens is 304 g/mol. The molecule has 1 atom stereocenters. The fourth-order valence-electron chi connectivity index (χ4n) is 1.62. The van der Waals surface area contributed by atoms with E-state index in [2.05, 4.69) is 26.2 Å². The average molecular weight is 316 g/mol. The minimum atomic E-state index is -0.137. The quantitative estimate of drug-likeness (QED) is 0.946. The molecule has 6 heteroatoms. The Hall–Kier alpha value is -0.910. The van der Waals surface area contributed by atoms with E-state index in [1.54, 1.807) is 4.68 Å². The minimum Gasteiger partial charge on any atom is -0.324 e. The van der Waals surface area contributed by atoms with Crippen molar-refractivity contribution in [3.63, 3.8) is 0 Å². The summed E-state index contributed by atoms with van der Waals surface area (Å²) in [5, 5.41) is 8.56. The van der Waals surface area contributed by atoms with Gasteiger partial charge in [0.2, 0.25) is 0 Å². The molecule has 0 saturated heterocycles. The van der Waals surface area contributed by atoms with Crippen molar-refractivity contribution in [1.29, 1.82) is 0 Å². The molecule has 1 aromatic heterocycles. The number of halogens is 2. The Balaban J connectivity index is 2.16. The Labute approximate surface area is 113 Å². The first-order valence-corrected chi connectivity index (χ1v) is 6.28. The van der Waals surface area contributed by atoms with Gasteiger partial charge in [0.05, 0.1) is 5.69 Å². The maximum atomic E-state index is 6.12. The van der Waals surface area contributed by atoms with E-state index in [4.69, 9.17) is 17.3 Å². The van der Waals surface area contributed by atoms with Crippen LogP contribution in [0, 0.1) is 0 Å². The van der Waals surface area contributed by atoms with Gasteiger partial charge >= 0.3 is 0 Å². The van der Waals surface area contributed by atoms with Crippen LogP contribution in [0.25, 0.3) is 0 Å². The molecule has 0 spiro atoms. The van der Waals surface area contributed by atoms with Gasteiger partial charge in [-0.05, 0) is 23.8 Å². The summed E-state index contributed by atoms with van der Waals surface area (Å²) in [5.41, 5.74) is 7.97. The first kappa shape index (κ1) is 12.5. The fourth-order valence-corrected chi connectivity index (χ4v) is 2.51. The monoisotopic (exact) mass is 314 g/mol. The molecule has 0 aliphatic carbocycles. The summed E-state index contributed by atoms with van der Waals surface area (Å²) in [6.45, 7) is 0. The summed E-state index contributed by atoms with van der Waals surface area (Å²) in [5.74, 6) is 0. The Kier molecular flexibility index (Phi) is 3.81. The number of nitrogens with two attached hydrogens (primary N) is 1. The highest BCUT2D eigenvalue weighted by Crippen LogP contribution is 2.24. The normalized spacial score (nSPS) is 12.7. The number of hydrogen-bond acceptors (Lipinski definition) is 3. The Morgan fingerprint density at radius 2 is 2.24 bits per heavy atom. The second kappa shape index (κ2) is 5.16. The molecule has 0 saturated carbocycles. The highest BCUT2D eigenvalue weighted by atomic mass is 79.9. The van der Waals surface area contributed by atoms with Gasteiger partial charge in [-0.3, -0.25) is 4.68 Å².